The predicted molar refractivity (Wildman–Crippen MR) is 89.6 cm³/mol. The van der Waals surface area contributed by atoms with Crippen LogP contribution in [0.3, 0.4) is 0 Å². The predicted octanol–water partition coefficient (Wildman–Crippen LogP) is 3.42. The summed E-state index contributed by atoms with van der Waals surface area (Å²) in [5.41, 5.74) is -0.804. The van der Waals surface area contributed by atoms with Crippen molar-refractivity contribution in [1.82, 2.24) is 5.32 Å². The third kappa shape index (κ3) is 7.28. The molecule has 0 saturated carbocycles. The number of amides is 1. The lowest BCUT2D eigenvalue weighted by atomic mass is 10.2. The Bertz CT molecular complexity index is 823. The first-order chi connectivity index (χ1) is 12.8. The molecule has 8 heteroatoms. The van der Waals surface area contributed by atoms with Crippen molar-refractivity contribution in [3.63, 3.8) is 0 Å². The maximum absolute atomic E-state index is 12.7. The van der Waals surface area contributed by atoms with Gasteiger partial charge in [-0.1, -0.05) is 17.9 Å². The fourth-order valence-electron chi connectivity index (χ4n) is 1.87. The molecule has 2 aromatic carbocycles. The highest BCUT2D eigenvalue weighted by Gasteiger charge is 2.30. The first-order valence-corrected chi connectivity index (χ1v) is 7.75. The van der Waals surface area contributed by atoms with E-state index in [4.69, 9.17) is 9.47 Å². The van der Waals surface area contributed by atoms with Gasteiger partial charge in [-0.3, -0.25) is 4.79 Å². The molecule has 27 heavy (non-hydrogen) atoms. The van der Waals surface area contributed by atoms with E-state index in [0.29, 0.717) is 5.75 Å². The van der Waals surface area contributed by atoms with Crippen LogP contribution in [0, 0.1) is 17.7 Å². The van der Waals surface area contributed by atoms with E-state index in [1.807, 2.05) is 0 Å². The molecule has 0 heterocycles. The summed E-state index contributed by atoms with van der Waals surface area (Å²) in [6.45, 7) is -0.352. The standard InChI is InChI=1S/C19H15F4NO3/c20-15-6-8-16(9-7-15)27-13-18(25)24-10-1-2-11-26-17-5-3-4-14(12-17)19(21,22)23/h3-9,12H,10-11,13H2,(H,24,25). The maximum Gasteiger partial charge on any atom is 0.416 e. The van der Waals surface area contributed by atoms with Crippen LogP contribution in [0.4, 0.5) is 17.6 Å². The second kappa shape index (κ2) is 9.48. The molecule has 0 saturated heterocycles. The van der Waals surface area contributed by atoms with E-state index in [-0.39, 0.29) is 25.5 Å². The molecule has 1 N–H and O–H groups in total. The highest BCUT2D eigenvalue weighted by atomic mass is 19.4. The van der Waals surface area contributed by atoms with Crippen LogP contribution < -0.4 is 14.8 Å². The molecule has 0 fully saturated rings. The molecular formula is C19H15F4NO3. The second-order valence-electron chi connectivity index (χ2n) is 5.19. The van der Waals surface area contributed by atoms with Gasteiger partial charge in [0.15, 0.2) is 6.61 Å². The smallest absolute Gasteiger partial charge is 0.416 e. The monoisotopic (exact) mass is 381 g/mol. The third-order valence-corrected chi connectivity index (χ3v) is 3.15. The summed E-state index contributed by atoms with van der Waals surface area (Å²) >= 11 is 0. The lowest BCUT2D eigenvalue weighted by molar-refractivity contribution is -0.137. The van der Waals surface area contributed by atoms with Crippen molar-refractivity contribution in [2.45, 2.75) is 6.18 Å². The first-order valence-electron chi connectivity index (χ1n) is 7.75. The zero-order chi connectivity index (χ0) is 19.7. The molecule has 0 aliphatic carbocycles. The summed E-state index contributed by atoms with van der Waals surface area (Å²) in [5, 5.41) is 2.48. The summed E-state index contributed by atoms with van der Waals surface area (Å²) in [6, 6.07) is 9.68. The van der Waals surface area contributed by atoms with Gasteiger partial charge in [-0.25, -0.2) is 4.39 Å². The van der Waals surface area contributed by atoms with Crippen LogP contribution in [-0.2, 0) is 11.0 Å². The SMILES string of the molecule is O=C(COc1ccc(F)cc1)NCC#CCOc1cccc(C(F)(F)F)c1. The minimum Gasteiger partial charge on any atom is -0.484 e. The average Bonchev–Trinajstić information content (AvgIpc) is 2.63. The largest absolute Gasteiger partial charge is 0.484 e. The Hall–Kier alpha value is -3.21. The molecule has 2 aromatic rings. The summed E-state index contributed by atoms with van der Waals surface area (Å²) < 4.78 is 60.7. The maximum atomic E-state index is 12.7. The van der Waals surface area contributed by atoms with Gasteiger partial charge in [-0.2, -0.15) is 13.2 Å². The topological polar surface area (TPSA) is 47.6 Å². The molecule has 142 valence electrons. The quantitative estimate of drug-likeness (QED) is 0.616. The summed E-state index contributed by atoms with van der Waals surface area (Å²) in [7, 11) is 0. The van der Waals surface area contributed by atoms with Crippen LogP contribution >= 0.6 is 0 Å². The van der Waals surface area contributed by atoms with E-state index in [1.165, 1.54) is 36.4 Å². The molecule has 0 unspecified atom stereocenters. The summed E-state index contributed by atoms with van der Waals surface area (Å²) in [4.78, 5) is 11.6. The van der Waals surface area contributed by atoms with Crippen LogP contribution in [0.25, 0.3) is 0 Å². The third-order valence-electron chi connectivity index (χ3n) is 3.15. The Labute approximate surface area is 153 Å². The van der Waals surface area contributed by atoms with E-state index in [1.54, 1.807) is 0 Å². The van der Waals surface area contributed by atoms with Gasteiger partial charge < -0.3 is 14.8 Å². The van der Waals surface area contributed by atoms with E-state index >= 15 is 0 Å². The average molecular weight is 381 g/mol. The van der Waals surface area contributed by atoms with E-state index in [0.717, 1.165) is 12.1 Å². The molecule has 0 bridgehead atoms. The second-order valence-corrected chi connectivity index (χ2v) is 5.19. The lowest BCUT2D eigenvalue weighted by Crippen LogP contribution is -2.29. The van der Waals surface area contributed by atoms with Gasteiger partial charge in [0.25, 0.3) is 5.91 Å². The van der Waals surface area contributed by atoms with Crippen LogP contribution in [0.1, 0.15) is 5.56 Å². The van der Waals surface area contributed by atoms with E-state index < -0.39 is 23.5 Å². The molecule has 0 aromatic heterocycles. The van der Waals surface area contributed by atoms with Crippen LogP contribution in [-0.4, -0.2) is 25.7 Å². The fraction of sp³-hybridized carbons (Fsp3) is 0.211. The molecular weight excluding hydrogens is 366 g/mol. The van der Waals surface area contributed by atoms with Gasteiger partial charge in [0.2, 0.25) is 0 Å². The molecule has 0 spiro atoms. The Kier molecular flexibility index (Phi) is 7.06. The van der Waals surface area contributed by atoms with Crippen molar-refractivity contribution >= 4 is 5.91 Å². The molecule has 1 amide bonds. The van der Waals surface area contributed by atoms with E-state index in [9.17, 15) is 22.4 Å². The van der Waals surface area contributed by atoms with Gasteiger partial charge in [0.05, 0.1) is 12.1 Å². The lowest BCUT2D eigenvalue weighted by Gasteiger charge is -2.08. The Morgan fingerprint density at radius 2 is 1.74 bits per heavy atom. The van der Waals surface area contributed by atoms with Crippen molar-refractivity contribution in [3.05, 3.63) is 59.9 Å². The van der Waals surface area contributed by atoms with Crippen LogP contribution in [0.15, 0.2) is 48.5 Å². The molecule has 0 radical (unpaired) electrons. The number of hydrogen-bond donors (Lipinski definition) is 1. The number of nitrogens with one attached hydrogen (secondary N) is 1. The summed E-state index contributed by atoms with van der Waals surface area (Å²) in [5.74, 6) is 4.75. The molecule has 4 nitrogen and oxygen atoms in total. The van der Waals surface area contributed by atoms with Gasteiger partial charge in [0, 0.05) is 0 Å². The molecule has 2 rings (SSSR count). The fourth-order valence-corrected chi connectivity index (χ4v) is 1.87. The minimum atomic E-state index is -4.44. The first kappa shape index (κ1) is 20.1. The van der Waals surface area contributed by atoms with Crippen molar-refractivity contribution in [1.29, 1.82) is 0 Å². The Morgan fingerprint density at radius 1 is 1.00 bits per heavy atom. The van der Waals surface area contributed by atoms with E-state index in [2.05, 4.69) is 17.2 Å². The zero-order valence-electron chi connectivity index (χ0n) is 14.0. The normalized spacial score (nSPS) is 10.5. The number of halogens is 4. The molecule has 0 atom stereocenters. The Morgan fingerprint density at radius 3 is 2.44 bits per heavy atom. The number of hydrogen-bond acceptors (Lipinski definition) is 3. The van der Waals surface area contributed by atoms with Gasteiger partial charge >= 0.3 is 6.18 Å². The van der Waals surface area contributed by atoms with Crippen molar-refractivity contribution in [3.8, 4) is 23.3 Å². The number of rotatable bonds is 6. The van der Waals surface area contributed by atoms with Crippen LogP contribution in [0.2, 0.25) is 0 Å². The highest BCUT2D eigenvalue weighted by molar-refractivity contribution is 5.77. The number of ether oxygens (including phenoxy) is 2. The van der Waals surface area contributed by atoms with Crippen molar-refractivity contribution < 1.29 is 31.8 Å². The van der Waals surface area contributed by atoms with Gasteiger partial charge in [-0.05, 0) is 42.5 Å². The number of carbonyl (C=O) groups excluding carboxylic acids is 1. The number of benzene rings is 2. The molecule has 0 aliphatic heterocycles. The highest BCUT2D eigenvalue weighted by Crippen LogP contribution is 2.31. The zero-order valence-corrected chi connectivity index (χ0v) is 14.0. The van der Waals surface area contributed by atoms with Gasteiger partial charge in [0.1, 0.15) is 23.9 Å². The number of carbonyl (C=O) groups is 1. The Balaban J connectivity index is 1.67. The van der Waals surface area contributed by atoms with Gasteiger partial charge in [-0.15, -0.1) is 0 Å². The van der Waals surface area contributed by atoms with Crippen molar-refractivity contribution in [2.24, 2.45) is 0 Å². The van der Waals surface area contributed by atoms with Crippen molar-refractivity contribution in [2.75, 3.05) is 19.8 Å². The summed E-state index contributed by atoms with van der Waals surface area (Å²) in [6.07, 6.45) is -4.44. The minimum absolute atomic E-state index is 0.0254. The van der Waals surface area contributed by atoms with Crippen LogP contribution in [0.5, 0.6) is 11.5 Å². The molecule has 0 aliphatic rings. The number of alkyl halides is 3.